The van der Waals surface area contributed by atoms with Gasteiger partial charge in [-0.05, 0) is 13.8 Å². The van der Waals surface area contributed by atoms with Gasteiger partial charge in [-0.25, -0.2) is 4.98 Å². The molecule has 0 amide bonds. The van der Waals surface area contributed by atoms with Gasteiger partial charge in [0.15, 0.2) is 0 Å². The van der Waals surface area contributed by atoms with Crippen molar-refractivity contribution in [3.63, 3.8) is 0 Å². The minimum atomic E-state index is -0.797. The second-order valence-electron chi connectivity index (χ2n) is 4.18. The largest absolute Gasteiger partial charge is 0.389 e. The molecule has 2 heterocycles. The third-order valence-corrected chi connectivity index (χ3v) is 2.24. The molecule has 0 radical (unpaired) electrons. The Morgan fingerprint density at radius 2 is 2.20 bits per heavy atom. The smallest absolute Gasteiger partial charge is 0.131 e. The van der Waals surface area contributed by atoms with Crippen molar-refractivity contribution in [2.24, 2.45) is 0 Å². The van der Waals surface area contributed by atoms with Crippen LogP contribution in [0.4, 0.5) is 0 Å². The molecule has 0 aliphatic heterocycles. The van der Waals surface area contributed by atoms with E-state index in [0.717, 1.165) is 10.9 Å². The molecular formula is C10H12ClN3O. The Hall–Kier alpha value is -1.13. The molecule has 0 aliphatic carbocycles. The summed E-state index contributed by atoms with van der Waals surface area (Å²) in [5.74, 6) is 0. The molecule has 0 spiro atoms. The predicted molar refractivity (Wildman–Crippen MR) is 58.8 cm³/mol. The van der Waals surface area contributed by atoms with Crippen molar-refractivity contribution < 1.29 is 5.11 Å². The Kier molecular flexibility index (Phi) is 2.40. The van der Waals surface area contributed by atoms with Gasteiger partial charge in [-0.3, -0.25) is 4.68 Å². The van der Waals surface area contributed by atoms with Crippen molar-refractivity contribution >= 4 is 22.5 Å². The first kappa shape index (κ1) is 10.4. The van der Waals surface area contributed by atoms with Crippen LogP contribution in [0.15, 0.2) is 18.5 Å². The van der Waals surface area contributed by atoms with Gasteiger partial charge in [0.25, 0.3) is 0 Å². The van der Waals surface area contributed by atoms with Crippen molar-refractivity contribution in [2.45, 2.75) is 26.0 Å². The van der Waals surface area contributed by atoms with Crippen molar-refractivity contribution in [1.82, 2.24) is 14.8 Å². The lowest BCUT2D eigenvalue weighted by Crippen LogP contribution is -2.26. The zero-order chi connectivity index (χ0) is 11.1. The molecule has 2 aromatic heterocycles. The van der Waals surface area contributed by atoms with E-state index in [0.29, 0.717) is 11.7 Å². The molecule has 2 rings (SSSR count). The summed E-state index contributed by atoms with van der Waals surface area (Å²) in [5.41, 5.74) is 0.0893. The van der Waals surface area contributed by atoms with Crippen LogP contribution >= 0.6 is 11.6 Å². The summed E-state index contributed by atoms with van der Waals surface area (Å²) in [7, 11) is 0. The molecule has 5 heteroatoms. The van der Waals surface area contributed by atoms with Crippen molar-refractivity contribution in [3.05, 3.63) is 23.6 Å². The van der Waals surface area contributed by atoms with E-state index < -0.39 is 5.60 Å². The average molecular weight is 226 g/mol. The van der Waals surface area contributed by atoms with Gasteiger partial charge in [-0.2, -0.15) is 5.10 Å². The molecule has 1 N–H and O–H groups in total. The normalized spacial score (nSPS) is 12.3. The van der Waals surface area contributed by atoms with Crippen LogP contribution in [0.5, 0.6) is 0 Å². The molecule has 15 heavy (non-hydrogen) atoms. The molecule has 0 saturated carbocycles. The highest BCUT2D eigenvalue weighted by molar-refractivity contribution is 6.29. The molecule has 2 aromatic rings. The molecule has 0 aliphatic rings. The summed E-state index contributed by atoms with van der Waals surface area (Å²) >= 11 is 5.80. The minimum absolute atomic E-state index is 0.427. The van der Waals surface area contributed by atoms with E-state index in [4.69, 9.17) is 11.6 Å². The summed E-state index contributed by atoms with van der Waals surface area (Å²) in [4.78, 5) is 3.97. The summed E-state index contributed by atoms with van der Waals surface area (Å²) in [5, 5.41) is 15.2. The van der Waals surface area contributed by atoms with Crippen LogP contribution in [0, 0.1) is 0 Å². The van der Waals surface area contributed by atoms with E-state index in [2.05, 4.69) is 10.1 Å². The molecule has 4 nitrogen and oxygen atoms in total. The Morgan fingerprint density at radius 3 is 2.87 bits per heavy atom. The predicted octanol–water partition coefficient (Wildman–Crippen LogP) is 1.86. The van der Waals surface area contributed by atoms with Crippen LogP contribution in [0.2, 0.25) is 5.15 Å². The first-order valence-electron chi connectivity index (χ1n) is 4.65. The lowest BCUT2D eigenvalue weighted by atomic mass is 10.1. The van der Waals surface area contributed by atoms with Crippen LogP contribution in [-0.4, -0.2) is 25.5 Å². The van der Waals surface area contributed by atoms with E-state index in [9.17, 15) is 5.11 Å². The molecule has 0 atom stereocenters. The molecule has 80 valence electrons. The Morgan fingerprint density at radius 1 is 1.47 bits per heavy atom. The fourth-order valence-electron chi connectivity index (χ4n) is 1.44. The second-order valence-corrected chi connectivity index (χ2v) is 4.57. The molecular weight excluding hydrogens is 214 g/mol. The third-order valence-electron chi connectivity index (χ3n) is 2.03. The van der Waals surface area contributed by atoms with Gasteiger partial charge in [0, 0.05) is 17.6 Å². The number of rotatable bonds is 2. The maximum absolute atomic E-state index is 9.71. The van der Waals surface area contributed by atoms with Crippen molar-refractivity contribution in [1.29, 1.82) is 0 Å². The van der Waals surface area contributed by atoms with E-state index in [-0.39, 0.29) is 0 Å². The number of fused-ring (bicyclic) bond motifs is 1. The van der Waals surface area contributed by atoms with Gasteiger partial charge in [-0.1, -0.05) is 11.6 Å². The number of aromatic nitrogens is 3. The number of aliphatic hydroxyl groups is 1. The molecule has 0 aromatic carbocycles. The van der Waals surface area contributed by atoms with E-state index in [1.54, 1.807) is 37.0 Å². The highest BCUT2D eigenvalue weighted by Gasteiger charge is 2.15. The molecule has 0 unspecified atom stereocenters. The van der Waals surface area contributed by atoms with Gasteiger partial charge < -0.3 is 5.11 Å². The number of hydrogen-bond acceptors (Lipinski definition) is 3. The number of hydrogen-bond donors (Lipinski definition) is 1. The quantitative estimate of drug-likeness (QED) is 0.794. The maximum Gasteiger partial charge on any atom is 0.131 e. The maximum atomic E-state index is 9.71. The zero-order valence-electron chi connectivity index (χ0n) is 8.61. The standard InChI is InChI=1S/C10H12ClN3O/c1-10(2,15)6-14-8-3-9(11)12-4-7(8)5-13-14/h3-5,15H,6H2,1-2H3. The SMILES string of the molecule is CC(C)(O)Cn1ncc2cnc(Cl)cc21. The van der Waals surface area contributed by atoms with E-state index in [1.807, 2.05) is 0 Å². The average Bonchev–Trinajstić information content (AvgIpc) is 2.46. The van der Waals surface area contributed by atoms with Crippen LogP contribution < -0.4 is 0 Å². The van der Waals surface area contributed by atoms with E-state index in [1.165, 1.54) is 0 Å². The molecule has 0 bridgehead atoms. The fraction of sp³-hybridized carbons (Fsp3) is 0.400. The second kappa shape index (κ2) is 3.47. The molecule has 0 saturated heterocycles. The molecule has 0 fully saturated rings. The van der Waals surface area contributed by atoms with Gasteiger partial charge in [0.1, 0.15) is 5.15 Å². The Balaban J connectivity index is 2.48. The minimum Gasteiger partial charge on any atom is -0.389 e. The monoisotopic (exact) mass is 225 g/mol. The van der Waals surface area contributed by atoms with Crippen LogP contribution in [0.25, 0.3) is 10.9 Å². The Bertz CT molecular complexity index is 487. The summed E-state index contributed by atoms with van der Waals surface area (Å²) in [6.07, 6.45) is 3.38. The summed E-state index contributed by atoms with van der Waals surface area (Å²) < 4.78 is 1.73. The first-order valence-corrected chi connectivity index (χ1v) is 5.03. The van der Waals surface area contributed by atoms with Crippen LogP contribution in [0.3, 0.4) is 0 Å². The summed E-state index contributed by atoms with van der Waals surface area (Å²) in [6.45, 7) is 3.91. The highest BCUT2D eigenvalue weighted by Crippen LogP contribution is 2.18. The van der Waals surface area contributed by atoms with Gasteiger partial charge >= 0.3 is 0 Å². The van der Waals surface area contributed by atoms with Crippen molar-refractivity contribution in [3.8, 4) is 0 Å². The van der Waals surface area contributed by atoms with Gasteiger partial charge in [0.2, 0.25) is 0 Å². The van der Waals surface area contributed by atoms with Crippen LogP contribution in [-0.2, 0) is 6.54 Å². The lowest BCUT2D eigenvalue weighted by molar-refractivity contribution is 0.0591. The highest BCUT2D eigenvalue weighted by atomic mass is 35.5. The number of pyridine rings is 1. The number of halogens is 1. The third kappa shape index (κ3) is 2.27. The van der Waals surface area contributed by atoms with Gasteiger partial charge in [-0.15, -0.1) is 0 Å². The van der Waals surface area contributed by atoms with E-state index >= 15 is 0 Å². The Labute approximate surface area is 92.5 Å². The number of nitrogens with zero attached hydrogens (tertiary/aromatic N) is 3. The van der Waals surface area contributed by atoms with Crippen LogP contribution in [0.1, 0.15) is 13.8 Å². The fourth-order valence-corrected chi connectivity index (χ4v) is 1.59. The topological polar surface area (TPSA) is 50.9 Å². The first-order chi connectivity index (χ1) is 6.96. The summed E-state index contributed by atoms with van der Waals surface area (Å²) in [6, 6.07) is 1.75. The zero-order valence-corrected chi connectivity index (χ0v) is 9.36. The van der Waals surface area contributed by atoms with Crippen molar-refractivity contribution in [2.75, 3.05) is 0 Å². The lowest BCUT2D eigenvalue weighted by Gasteiger charge is -2.17. The van der Waals surface area contributed by atoms with Gasteiger partial charge in [0.05, 0.1) is 23.9 Å².